The van der Waals surface area contributed by atoms with Gasteiger partial charge < -0.3 is 14.7 Å². The van der Waals surface area contributed by atoms with Crippen LogP contribution in [0.2, 0.25) is 0 Å². The molecule has 1 aromatic rings. The summed E-state index contributed by atoms with van der Waals surface area (Å²) in [6, 6.07) is 0. The van der Waals surface area contributed by atoms with Gasteiger partial charge in [0.1, 0.15) is 0 Å². The van der Waals surface area contributed by atoms with Gasteiger partial charge in [-0.3, -0.25) is 4.79 Å². The molecule has 0 saturated carbocycles. The maximum atomic E-state index is 11.1. The highest BCUT2D eigenvalue weighted by Crippen LogP contribution is 2.27. The van der Waals surface area contributed by atoms with E-state index in [2.05, 4.69) is 10.2 Å². The number of rotatable bonds is 7. The maximum absolute atomic E-state index is 11.1. The Balaban J connectivity index is 2.33. The predicted octanol–water partition coefficient (Wildman–Crippen LogP) is 1.01. The lowest BCUT2D eigenvalue weighted by Gasteiger charge is -2.07. The van der Waals surface area contributed by atoms with E-state index in [1.807, 2.05) is 19.0 Å². The summed E-state index contributed by atoms with van der Waals surface area (Å²) in [7, 11) is 3.79. The molecule has 0 aliphatic carbocycles. The van der Waals surface area contributed by atoms with E-state index in [9.17, 15) is 9.90 Å². The van der Waals surface area contributed by atoms with Crippen LogP contribution in [0.4, 0.5) is 5.13 Å². The minimum absolute atomic E-state index is 0.0141. The van der Waals surface area contributed by atoms with Crippen molar-refractivity contribution in [2.24, 2.45) is 0 Å². The molecule has 0 radical (unpaired) electrons. The Hall–Kier alpha value is -0.860. The molecule has 1 atom stereocenters. The molecule has 0 fully saturated rings. The van der Waals surface area contributed by atoms with Crippen molar-refractivity contribution in [3.05, 3.63) is 0 Å². The first-order valence-electron chi connectivity index (χ1n) is 5.50. The molecule has 1 heterocycles. The topological polar surface area (TPSA) is 75.5 Å². The van der Waals surface area contributed by atoms with Crippen LogP contribution < -0.4 is 4.90 Å². The van der Waals surface area contributed by atoms with Crippen LogP contribution in [-0.4, -0.2) is 53.8 Å². The molecule has 0 bridgehead atoms. The lowest BCUT2D eigenvalue weighted by Crippen LogP contribution is -2.17. The number of aliphatic hydroxyl groups excluding tert-OH is 1. The predicted molar refractivity (Wildman–Crippen MR) is 72.2 cm³/mol. The third-order valence-corrected chi connectivity index (χ3v) is 4.25. The molecular weight excluding hydrogens is 274 g/mol. The van der Waals surface area contributed by atoms with Gasteiger partial charge in [-0.1, -0.05) is 23.1 Å². The van der Waals surface area contributed by atoms with Gasteiger partial charge in [-0.15, -0.1) is 10.2 Å². The summed E-state index contributed by atoms with van der Waals surface area (Å²) in [6.07, 6.45) is -0.707. The quantitative estimate of drug-likeness (QED) is 0.593. The van der Waals surface area contributed by atoms with Gasteiger partial charge in [-0.25, -0.2) is 0 Å². The number of nitrogens with zero attached hydrogens (tertiary/aromatic N) is 3. The first-order chi connectivity index (χ1) is 8.52. The number of carbonyl (C=O) groups excluding carboxylic acids is 1. The Bertz CT molecular complexity index is 384. The number of thioether (sulfide) groups is 1. The van der Waals surface area contributed by atoms with E-state index in [1.54, 1.807) is 6.92 Å². The molecule has 102 valence electrons. The van der Waals surface area contributed by atoms with Gasteiger partial charge in [0.2, 0.25) is 5.13 Å². The summed E-state index contributed by atoms with van der Waals surface area (Å²) < 4.78 is 5.54. The fourth-order valence-electron chi connectivity index (χ4n) is 1.08. The number of hydrogen-bond donors (Lipinski definition) is 1. The number of aliphatic hydroxyl groups is 1. The number of ether oxygens (including phenoxy) is 1. The van der Waals surface area contributed by atoms with Crippen molar-refractivity contribution in [3.63, 3.8) is 0 Å². The molecule has 8 heteroatoms. The van der Waals surface area contributed by atoms with Crippen molar-refractivity contribution < 1.29 is 14.6 Å². The summed E-state index contributed by atoms with van der Waals surface area (Å²) in [5.74, 6) is 0.0257. The molecule has 0 saturated heterocycles. The highest BCUT2D eigenvalue weighted by Gasteiger charge is 2.14. The van der Waals surface area contributed by atoms with E-state index < -0.39 is 6.10 Å². The normalized spacial score (nSPS) is 12.2. The zero-order chi connectivity index (χ0) is 13.5. The van der Waals surface area contributed by atoms with Crippen molar-refractivity contribution in [2.75, 3.05) is 31.4 Å². The van der Waals surface area contributed by atoms with Gasteiger partial charge in [0.05, 0.1) is 19.1 Å². The lowest BCUT2D eigenvalue weighted by atomic mass is 10.3. The molecule has 0 aliphatic rings. The van der Waals surface area contributed by atoms with Gasteiger partial charge in [0, 0.05) is 19.8 Å². The summed E-state index contributed by atoms with van der Waals surface area (Å²) >= 11 is 2.84. The summed E-state index contributed by atoms with van der Waals surface area (Å²) in [5.41, 5.74) is 0. The average molecular weight is 291 g/mol. The molecule has 1 N–H and O–H groups in total. The minimum Gasteiger partial charge on any atom is -0.466 e. The van der Waals surface area contributed by atoms with Crippen LogP contribution in [0, 0.1) is 0 Å². The van der Waals surface area contributed by atoms with Gasteiger partial charge in [-0.2, -0.15) is 0 Å². The van der Waals surface area contributed by atoms with E-state index >= 15 is 0 Å². The molecular formula is C10H17N3O3S2. The van der Waals surface area contributed by atoms with Crippen LogP contribution in [0.15, 0.2) is 4.34 Å². The molecule has 6 nitrogen and oxygen atoms in total. The first kappa shape index (κ1) is 15.2. The molecule has 1 aromatic heterocycles. The number of aromatic nitrogens is 2. The lowest BCUT2D eigenvalue weighted by molar-refractivity contribution is -0.144. The smallest absolute Gasteiger partial charge is 0.308 e. The maximum Gasteiger partial charge on any atom is 0.308 e. The van der Waals surface area contributed by atoms with Gasteiger partial charge in [-0.05, 0) is 6.92 Å². The highest BCUT2D eigenvalue weighted by atomic mass is 32.2. The monoisotopic (exact) mass is 291 g/mol. The van der Waals surface area contributed by atoms with Gasteiger partial charge in [0.15, 0.2) is 4.34 Å². The zero-order valence-electron chi connectivity index (χ0n) is 10.6. The Labute approximate surface area is 114 Å². The number of esters is 1. The zero-order valence-corrected chi connectivity index (χ0v) is 12.3. The largest absolute Gasteiger partial charge is 0.466 e. The van der Waals surface area contributed by atoms with Crippen LogP contribution in [0.1, 0.15) is 13.3 Å². The van der Waals surface area contributed by atoms with Crippen molar-refractivity contribution in [1.82, 2.24) is 10.2 Å². The Morgan fingerprint density at radius 3 is 2.83 bits per heavy atom. The number of hydrogen-bond acceptors (Lipinski definition) is 8. The summed E-state index contributed by atoms with van der Waals surface area (Å²) in [5, 5.41) is 18.4. The highest BCUT2D eigenvalue weighted by molar-refractivity contribution is 8.01. The second-order valence-corrected chi connectivity index (χ2v) is 5.94. The third kappa shape index (κ3) is 5.19. The molecule has 1 unspecified atom stereocenters. The third-order valence-electron chi connectivity index (χ3n) is 1.89. The van der Waals surface area contributed by atoms with Crippen LogP contribution in [-0.2, 0) is 9.53 Å². The number of anilines is 1. The fraction of sp³-hybridized carbons (Fsp3) is 0.700. The van der Waals surface area contributed by atoms with Gasteiger partial charge in [0.25, 0.3) is 0 Å². The Morgan fingerprint density at radius 1 is 1.56 bits per heavy atom. The summed E-state index contributed by atoms with van der Waals surface area (Å²) in [4.78, 5) is 13.0. The second-order valence-electron chi connectivity index (χ2n) is 3.72. The molecule has 1 rings (SSSR count). The van der Waals surface area contributed by atoms with Crippen LogP contribution in [0.3, 0.4) is 0 Å². The van der Waals surface area contributed by atoms with Crippen molar-refractivity contribution >= 4 is 34.2 Å². The SMILES string of the molecule is CCOC(=O)CC(O)CSc1nnc(N(C)C)s1. The number of carbonyl (C=O) groups is 1. The van der Waals surface area contributed by atoms with Crippen molar-refractivity contribution in [2.45, 2.75) is 23.8 Å². The Morgan fingerprint density at radius 2 is 2.28 bits per heavy atom. The van der Waals surface area contributed by atoms with Crippen LogP contribution in [0.25, 0.3) is 0 Å². The second kappa shape index (κ2) is 7.55. The first-order valence-corrected chi connectivity index (χ1v) is 7.30. The Kier molecular flexibility index (Phi) is 6.37. The summed E-state index contributed by atoms with van der Waals surface area (Å²) in [6.45, 7) is 2.07. The van der Waals surface area contributed by atoms with E-state index in [1.165, 1.54) is 23.1 Å². The molecule has 0 aliphatic heterocycles. The molecule has 0 aromatic carbocycles. The minimum atomic E-state index is -0.722. The molecule has 18 heavy (non-hydrogen) atoms. The average Bonchev–Trinajstić information content (AvgIpc) is 2.75. The van der Waals surface area contributed by atoms with E-state index in [0.29, 0.717) is 12.4 Å². The standard InChI is InChI=1S/C10H17N3O3S2/c1-4-16-8(15)5-7(14)6-17-10-12-11-9(18-10)13(2)3/h7,14H,4-6H2,1-3H3. The molecule has 0 spiro atoms. The van der Waals surface area contributed by atoms with Crippen LogP contribution in [0.5, 0.6) is 0 Å². The fourth-order valence-corrected chi connectivity index (χ4v) is 2.80. The van der Waals surface area contributed by atoms with E-state index in [-0.39, 0.29) is 12.4 Å². The van der Waals surface area contributed by atoms with E-state index in [0.717, 1.165) is 9.47 Å². The van der Waals surface area contributed by atoms with Crippen molar-refractivity contribution in [3.8, 4) is 0 Å². The van der Waals surface area contributed by atoms with Crippen molar-refractivity contribution in [1.29, 1.82) is 0 Å². The molecule has 0 amide bonds. The van der Waals surface area contributed by atoms with Gasteiger partial charge >= 0.3 is 5.97 Å². The van der Waals surface area contributed by atoms with E-state index in [4.69, 9.17) is 4.74 Å². The van der Waals surface area contributed by atoms with Crippen LogP contribution >= 0.6 is 23.1 Å².